The fraction of sp³-hybridized carbons (Fsp3) is 1.00. The summed E-state index contributed by atoms with van der Waals surface area (Å²) in [5, 5.41) is 0. The van der Waals surface area contributed by atoms with Crippen LogP contribution in [0.5, 0.6) is 0 Å². The van der Waals surface area contributed by atoms with E-state index in [1.807, 2.05) is 0 Å². The van der Waals surface area contributed by atoms with Gasteiger partial charge in [-0.05, 0) is 32.1 Å². The number of piperidine rings is 1. The van der Waals surface area contributed by atoms with E-state index < -0.39 is 0 Å². The van der Waals surface area contributed by atoms with Crippen molar-refractivity contribution >= 4 is 0 Å². The first-order valence-corrected chi connectivity index (χ1v) is 5.72. The minimum absolute atomic E-state index is 1.01. The summed E-state index contributed by atoms with van der Waals surface area (Å²) in [6.45, 7) is 0. The highest BCUT2D eigenvalue weighted by Gasteiger charge is 2.44. The van der Waals surface area contributed by atoms with Gasteiger partial charge in [0.25, 0.3) is 0 Å². The molecule has 3 aliphatic rings. The number of hydrogen-bond acceptors (Lipinski definition) is 1. The van der Waals surface area contributed by atoms with E-state index in [4.69, 9.17) is 0 Å². The van der Waals surface area contributed by atoms with Gasteiger partial charge in [0.1, 0.15) is 0 Å². The van der Waals surface area contributed by atoms with Crippen LogP contribution in [-0.2, 0) is 0 Å². The Labute approximate surface area is 75.1 Å². The Hall–Kier alpha value is -0.0400. The van der Waals surface area contributed by atoms with Gasteiger partial charge in [-0.2, -0.15) is 0 Å². The molecule has 3 rings (SSSR count). The van der Waals surface area contributed by atoms with Crippen molar-refractivity contribution in [3.8, 4) is 0 Å². The molecule has 2 aliphatic heterocycles. The van der Waals surface area contributed by atoms with Crippen molar-refractivity contribution in [1.82, 2.24) is 4.90 Å². The molecule has 68 valence electrons. The number of nitrogens with zero attached hydrogens (tertiary/aromatic N) is 1. The first kappa shape index (κ1) is 7.37. The average Bonchev–Trinajstić information content (AvgIpc) is 2.58. The zero-order valence-electron chi connectivity index (χ0n) is 7.84. The molecular weight excluding hydrogens is 146 g/mol. The van der Waals surface area contributed by atoms with Crippen LogP contribution in [0.2, 0.25) is 0 Å². The Kier molecular flexibility index (Phi) is 1.68. The van der Waals surface area contributed by atoms with Crippen LogP contribution in [0.1, 0.15) is 51.4 Å². The molecule has 0 radical (unpaired) electrons. The van der Waals surface area contributed by atoms with Crippen LogP contribution in [0.4, 0.5) is 0 Å². The molecule has 2 heterocycles. The quantitative estimate of drug-likeness (QED) is 0.577. The molecule has 2 unspecified atom stereocenters. The average molecular weight is 165 g/mol. The van der Waals surface area contributed by atoms with E-state index in [0.29, 0.717) is 0 Å². The Morgan fingerprint density at radius 1 is 0.667 bits per heavy atom. The minimum Gasteiger partial charge on any atom is -0.294 e. The molecule has 1 aliphatic carbocycles. The number of fused-ring (bicyclic) bond motifs is 2. The highest BCUT2D eigenvalue weighted by atomic mass is 15.3. The van der Waals surface area contributed by atoms with Gasteiger partial charge in [0, 0.05) is 18.1 Å². The molecule has 1 nitrogen and oxygen atoms in total. The second kappa shape index (κ2) is 2.73. The van der Waals surface area contributed by atoms with Gasteiger partial charge >= 0.3 is 0 Å². The Bertz CT molecular complexity index is 158. The molecule has 2 saturated heterocycles. The summed E-state index contributed by atoms with van der Waals surface area (Å²) < 4.78 is 0. The van der Waals surface area contributed by atoms with Gasteiger partial charge in [-0.15, -0.1) is 0 Å². The van der Waals surface area contributed by atoms with E-state index in [-0.39, 0.29) is 0 Å². The van der Waals surface area contributed by atoms with Crippen molar-refractivity contribution in [2.24, 2.45) is 0 Å². The van der Waals surface area contributed by atoms with E-state index >= 15 is 0 Å². The highest BCUT2D eigenvalue weighted by Crippen LogP contribution is 2.42. The molecule has 1 heteroatoms. The molecule has 2 bridgehead atoms. The molecule has 0 N–H and O–H groups in total. The molecule has 0 amide bonds. The monoisotopic (exact) mass is 165 g/mol. The summed E-state index contributed by atoms with van der Waals surface area (Å²) in [7, 11) is 0. The lowest BCUT2D eigenvalue weighted by molar-refractivity contribution is -0.0595. The van der Waals surface area contributed by atoms with Gasteiger partial charge < -0.3 is 0 Å². The summed E-state index contributed by atoms with van der Waals surface area (Å²) in [6.07, 6.45) is 12.1. The maximum atomic E-state index is 2.87. The molecular formula is C11H19N. The largest absolute Gasteiger partial charge is 0.294 e. The van der Waals surface area contributed by atoms with Gasteiger partial charge in [-0.1, -0.05) is 19.3 Å². The highest BCUT2D eigenvalue weighted by molar-refractivity contribution is 5.00. The normalized spacial score (nSPS) is 43.0. The molecule has 0 aromatic rings. The second-order valence-electron chi connectivity index (χ2n) is 4.86. The summed E-state index contributed by atoms with van der Waals surface area (Å²) >= 11 is 0. The van der Waals surface area contributed by atoms with E-state index in [2.05, 4.69) is 4.90 Å². The predicted octanol–water partition coefficient (Wildman–Crippen LogP) is 2.56. The van der Waals surface area contributed by atoms with Gasteiger partial charge in [0.2, 0.25) is 0 Å². The molecule has 1 saturated carbocycles. The van der Waals surface area contributed by atoms with Crippen LogP contribution in [0.25, 0.3) is 0 Å². The zero-order chi connectivity index (χ0) is 7.97. The fourth-order valence-corrected chi connectivity index (χ4v) is 3.64. The van der Waals surface area contributed by atoms with Crippen LogP contribution < -0.4 is 0 Å². The Balaban J connectivity index is 1.68. The first-order chi connectivity index (χ1) is 5.95. The van der Waals surface area contributed by atoms with Gasteiger partial charge in [0.15, 0.2) is 0 Å². The van der Waals surface area contributed by atoms with Gasteiger partial charge in [-0.3, -0.25) is 4.90 Å². The third-order valence-electron chi connectivity index (χ3n) is 4.21. The van der Waals surface area contributed by atoms with E-state index in [0.717, 1.165) is 18.1 Å². The lowest BCUT2D eigenvalue weighted by atomic mass is 9.78. The lowest BCUT2D eigenvalue weighted by Crippen LogP contribution is -2.61. The van der Waals surface area contributed by atoms with Crippen molar-refractivity contribution in [2.75, 3.05) is 0 Å². The predicted molar refractivity (Wildman–Crippen MR) is 50.1 cm³/mol. The minimum atomic E-state index is 1.01. The summed E-state index contributed by atoms with van der Waals surface area (Å²) in [5.41, 5.74) is 0. The zero-order valence-corrected chi connectivity index (χ0v) is 7.84. The maximum absolute atomic E-state index is 2.87. The number of rotatable bonds is 1. The SMILES string of the molecule is C1CCC(N2C3CCCC2C3)C1. The molecule has 12 heavy (non-hydrogen) atoms. The van der Waals surface area contributed by atoms with Crippen molar-refractivity contribution in [2.45, 2.75) is 69.5 Å². The van der Waals surface area contributed by atoms with Gasteiger partial charge in [-0.25, -0.2) is 0 Å². The Morgan fingerprint density at radius 2 is 1.25 bits per heavy atom. The summed E-state index contributed by atoms with van der Waals surface area (Å²) in [5.74, 6) is 0. The van der Waals surface area contributed by atoms with Gasteiger partial charge in [0.05, 0.1) is 0 Å². The summed E-state index contributed by atoms with van der Waals surface area (Å²) in [6, 6.07) is 3.05. The van der Waals surface area contributed by atoms with E-state index in [1.165, 1.54) is 51.4 Å². The standard InChI is InChI=1S/C11H19N/c1-2-5-9(4-1)12-10-6-3-7-11(12)8-10/h9-11H,1-8H2. The third-order valence-corrected chi connectivity index (χ3v) is 4.21. The lowest BCUT2D eigenvalue weighted by Gasteiger charge is -2.56. The maximum Gasteiger partial charge on any atom is 0.0116 e. The molecule has 0 spiro atoms. The van der Waals surface area contributed by atoms with Crippen LogP contribution in [-0.4, -0.2) is 23.0 Å². The molecule has 2 atom stereocenters. The molecule has 0 aromatic heterocycles. The third kappa shape index (κ3) is 0.953. The molecule has 3 fully saturated rings. The van der Waals surface area contributed by atoms with Crippen molar-refractivity contribution in [3.63, 3.8) is 0 Å². The van der Waals surface area contributed by atoms with Crippen molar-refractivity contribution < 1.29 is 0 Å². The van der Waals surface area contributed by atoms with Crippen LogP contribution in [0.15, 0.2) is 0 Å². The van der Waals surface area contributed by atoms with Crippen molar-refractivity contribution in [1.29, 1.82) is 0 Å². The second-order valence-corrected chi connectivity index (χ2v) is 4.86. The number of hydrogen-bond donors (Lipinski definition) is 0. The van der Waals surface area contributed by atoms with Crippen molar-refractivity contribution in [3.05, 3.63) is 0 Å². The molecule has 0 aromatic carbocycles. The topological polar surface area (TPSA) is 3.24 Å². The van der Waals surface area contributed by atoms with E-state index in [9.17, 15) is 0 Å². The summed E-state index contributed by atoms with van der Waals surface area (Å²) in [4.78, 5) is 2.87. The fourth-order valence-electron chi connectivity index (χ4n) is 3.64. The van der Waals surface area contributed by atoms with Crippen LogP contribution in [0, 0.1) is 0 Å². The smallest absolute Gasteiger partial charge is 0.0116 e. The van der Waals surface area contributed by atoms with Crippen LogP contribution in [0.3, 0.4) is 0 Å². The first-order valence-electron chi connectivity index (χ1n) is 5.72. The Morgan fingerprint density at radius 3 is 1.83 bits per heavy atom. The van der Waals surface area contributed by atoms with E-state index in [1.54, 1.807) is 0 Å². The van der Waals surface area contributed by atoms with Crippen LogP contribution >= 0.6 is 0 Å².